The van der Waals surface area contributed by atoms with Crippen LogP contribution < -0.4 is 5.32 Å². The van der Waals surface area contributed by atoms with Crippen LogP contribution in [0.5, 0.6) is 0 Å². The van der Waals surface area contributed by atoms with Gasteiger partial charge in [0.2, 0.25) is 0 Å². The van der Waals surface area contributed by atoms with Gasteiger partial charge in [0.05, 0.1) is 0 Å². The molecule has 0 aliphatic carbocycles. The van der Waals surface area contributed by atoms with Gasteiger partial charge in [-0.1, -0.05) is 12.1 Å². The molecule has 0 amide bonds. The first kappa shape index (κ1) is 11.7. The minimum Gasteiger partial charge on any atom is -0.313 e. The summed E-state index contributed by atoms with van der Waals surface area (Å²) >= 11 is 0. The Morgan fingerprint density at radius 2 is 2.27 bits per heavy atom. The molecule has 1 unspecified atom stereocenters. The predicted molar refractivity (Wildman–Crippen MR) is 61.0 cm³/mol. The van der Waals surface area contributed by atoms with E-state index in [1.54, 1.807) is 6.07 Å². The monoisotopic (exact) mass is 205 g/mol. The lowest BCUT2D eigenvalue weighted by molar-refractivity contribution is 0.514. The average Bonchev–Trinajstić information content (AvgIpc) is 2.21. The lowest BCUT2D eigenvalue weighted by Gasteiger charge is -2.16. The fraction of sp³-hybridized carbons (Fsp3) is 0.385. The second-order valence-corrected chi connectivity index (χ2v) is 3.61. The number of nitrogens with one attached hydrogen (secondary N) is 1. The summed E-state index contributed by atoms with van der Waals surface area (Å²) in [6.45, 7) is 1.88. The number of rotatable bonds is 4. The highest BCUT2D eigenvalue weighted by Crippen LogP contribution is 2.21. The molecular formula is C13H16FN. The first-order chi connectivity index (χ1) is 7.19. The highest BCUT2D eigenvalue weighted by Gasteiger charge is 2.12. The van der Waals surface area contributed by atoms with E-state index < -0.39 is 0 Å². The third-order valence-electron chi connectivity index (χ3n) is 2.46. The number of hydrogen-bond acceptors (Lipinski definition) is 1. The highest BCUT2D eigenvalue weighted by atomic mass is 19.1. The molecule has 80 valence electrons. The molecule has 2 heteroatoms. The van der Waals surface area contributed by atoms with Crippen LogP contribution in [0.25, 0.3) is 0 Å². The van der Waals surface area contributed by atoms with Crippen LogP contribution in [0, 0.1) is 25.1 Å². The Balaban J connectivity index is 2.87. The first-order valence-electron chi connectivity index (χ1n) is 5.05. The van der Waals surface area contributed by atoms with E-state index >= 15 is 0 Å². The van der Waals surface area contributed by atoms with Crippen molar-refractivity contribution in [3.63, 3.8) is 0 Å². The molecule has 0 fully saturated rings. The molecule has 0 bridgehead atoms. The topological polar surface area (TPSA) is 12.0 Å². The maximum Gasteiger partial charge on any atom is 0.128 e. The van der Waals surface area contributed by atoms with Gasteiger partial charge in [0.15, 0.2) is 0 Å². The molecule has 1 N–H and O–H groups in total. The summed E-state index contributed by atoms with van der Waals surface area (Å²) in [5.74, 6) is 2.41. The molecule has 15 heavy (non-hydrogen) atoms. The molecule has 1 aromatic carbocycles. The van der Waals surface area contributed by atoms with Gasteiger partial charge in [-0.15, -0.1) is 12.3 Å². The molecule has 0 radical (unpaired) electrons. The zero-order chi connectivity index (χ0) is 11.3. The van der Waals surface area contributed by atoms with Gasteiger partial charge in [-0.05, 0) is 32.0 Å². The molecule has 0 heterocycles. The van der Waals surface area contributed by atoms with E-state index in [9.17, 15) is 4.39 Å². The Morgan fingerprint density at radius 3 is 2.80 bits per heavy atom. The van der Waals surface area contributed by atoms with Crippen LogP contribution >= 0.6 is 0 Å². The first-order valence-corrected chi connectivity index (χ1v) is 5.05. The summed E-state index contributed by atoms with van der Waals surface area (Å²) < 4.78 is 13.6. The van der Waals surface area contributed by atoms with Gasteiger partial charge in [-0.3, -0.25) is 0 Å². The Morgan fingerprint density at radius 1 is 1.53 bits per heavy atom. The molecule has 0 saturated carbocycles. The third kappa shape index (κ3) is 3.07. The Labute approximate surface area is 90.7 Å². The highest BCUT2D eigenvalue weighted by molar-refractivity contribution is 5.26. The van der Waals surface area contributed by atoms with Gasteiger partial charge in [0.1, 0.15) is 5.82 Å². The van der Waals surface area contributed by atoms with Crippen molar-refractivity contribution in [2.24, 2.45) is 0 Å². The van der Waals surface area contributed by atoms with Crippen molar-refractivity contribution in [1.29, 1.82) is 0 Å². The summed E-state index contributed by atoms with van der Waals surface area (Å²) in [4.78, 5) is 0. The van der Waals surface area contributed by atoms with E-state index in [0.717, 1.165) is 12.0 Å². The smallest absolute Gasteiger partial charge is 0.128 e. The number of benzene rings is 1. The molecule has 0 spiro atoms. The van der Waals surface area contributed by atoms with Crippen molar-refractivity contribution >= 4 is 0 Å². The van der Waals surface area contributed by atoms with Gasteiger partial charge in [0.25, 0.3) is 0 Å². The Hall–Kier alpha value is -1.33. The zero-order valence-corrected chi connectivity index (χ0v) is 9.18. The fourth-order valence-corrected chi connectivity index (χ4v) is 1.60. The summed E-state index contributed by atoms with van der Waals surface area (Å²) in [6, 6.07) is 5.29. The van der Waals surface area contributed by atoms with Gasteiger partial charge in [-0.25, -0.2) is 4.39 Å². The molecule has 1 rings (SSSR count). The van der Waals surface area contributed by atoms with Crippen LogP contribution in [0.1, 0.15) is 30.0 Å². The van der Waals surface area contributed by atoms with Gasteiger partial charge < -0.3 is 5.32 Å². The summed E-state index contributed by atoms with van der Waals surface area (Å²) in [5.41, 5.74) is 1.63. The molecule has 1 aromatic rings. The Bertz CT molecular complexity index is 365. The third-order valence-corrected chi connectivity index (χ3v) is 2.46. The largest absolute Gasteiger partial charge is 0.313 e. The number of hydrogen-bond donors (Lipinski definition) is 1. The lowest BCUT2D eigenvalue weighted by Crippen LogP contribution is -2.17. The van der Waals surface area contributed by atoms with E-state index in [2.05, 4.69) is 11.2 Å². The molecule has 0 saturated heterocycles. The second kappa shape index (κ2) is 5.53. The summed E-state index contributed by atoms with van der Waals surface area (Å²) in [6.07, 6.45) is 6.61. The van der Waals surface area contributed by atoms with Crippen LogP contribution in [-0.2, 0) is 0 Å². The predicted octanol–water partition coefficient (Wildman–Crippen LogP) is 2.81. The SMILES string of the molecule is C#CCCC(NC)c1ccc(C)cc1F. The van der Waals surface area contributed by atoms with Crippen LogP contribution in [-0.4, -0.2) is 7.05 Å². The second-order valence-electron chi connectivity index (χ2n) is 3.61. The molecule has 1 atom stereocenters. The van der Waals surface area contributed by atoms with E-state index in [1.165, 1.54) is 0 Å². The van der Waals surface area contributed by atoms with Crippen LogP contribution in [0.2, 0.25) is 0 Å². The van der Waals surface area contributed by atoms with Crippen LogP contribution in [0.4, 0.5) is 4.39 Å². The normalized spacial score (nSPS) is 12.1. The molecule has 0 aliphatic heterocycles. The fourth-order valence-electron chi connectivity index (χ4n) is 1.60. The molecule has 1 nitrogen and oxygen atoms in total. The Kier molecular flexibility index (Phi) is 4.33. The van der Waals surface area contributed by atoms with E-state index in [0.29, 0.717) is 12.0 Å². The summed E-state index contributed by atoms with van der Waals surface area (Å²) in [7, 11) is 1.82. The van der Waals surface area contributed by atoms with Gasteiger partial charge >= 0.3 is 0 Å². The van der Waals surface area contributed by atoms with E-state index in [4.69, 9.17) is 6.42 Å². The van der Waals surface area contributed by atoms with Crippen molar-refractivity contribution in [2.75, 3.05) is 7.05 Å². The molecule has 0 aliphatic rings. The van der Waals surface area contributed by atoms with Gasteiger partial charge in [-0.2, -0.15) is 0 Å². The van der Waals surface area contributed by atoms with Crippen molar-refractivity contribution in [1.82, 2.24) is 5.32 Å². The maximum absolute atomic E-state index is 13.6. The molecule has 0 aromatic heterocycles. The summed E-state index contributed by atoms with van der Waals surface area (Å²) in [5, 5.41) is 3.08. The minimum atomic E-state index is -0.161. The zero-order valence-electron chi connectivity index (χ0n) is 9.18. The van der Waals surface area contributed by atoms with Crippen molar-refractivity contribution in [3.8, 4) is 12.3 Å². The standard InChI is InChI=1S/C13H16FN/c1-4-5-6-13(15-3)11-8-7-10(2)9-12(11)14/h1,7-9,13,15H,5-6H2,2-3H3. The number of aryl methyl sites for hydroxylation is 1. The van der Waals surface area contributed by atoms with Crippen LogP contribution in [0.15, 0.2) is 18.2 Å². The minimum absolute atomic E-state index is 0.00153. The van der Waals surface area contributed by atoms with Crippen LogP contribution in [0.3, 0.4) is 0 Å². The van der Waals surface area contributed by atoms with Gasteiger partial charge in [0, 0.05) is 18.0 Å². The van der Waals surface area contributed by atoms with Crippen molar-refractivity contribution < 1.29 is 4.39 Å². The quantitative estimate of drug-likeness (QED) is 0.745. The van der Waals surface area contributed by atoms with Crippen molar-refractivity contribution in [3.05, 3.63) is 35.1 Å². The maximum atomic E-state index is 13.6. The van der Waals surface area contributed by atoms with Crippen molar-refractivity contribution in [2.45, 2.75) is 25.8 Å². The van der Waals surface area contributed by atoms with E-state index in [1.807, 2.05) is 26.1 Å². The number of halogens is 1. The van der Waals surface area contributed by atoms with E-state index in [-0.39, 0.29) is 11.9 Å². The number of terminal acetylenes is 1. The average molecular weight is 205 g/mol. The lowest BCUT2D eigenvalue weighted by atomic mass is 10.0. The molecular weight excluding hydrogens is 189 g/mol.